The minimum absolute atomic E-state index is 0.0810. The largest absolute Gasteiger partial charge is 0.360 e. The molecule has 0 fully saturated rings. The van der Waals surface area contributed by atoms with E-state index in [-0.39, 0.29) is 5.78 Å². The summed E-state index contributed by atoms with van der Waals surface area (Å²) in [5.41, 5.74) is 1.71. The molecule has 0 aliphatic rings. The zero-order valence-electron chi connectivity index (χ0n) is 9.66. The topological polar surface area (TPSA) is 32.9 Å². The lowest BCUT2D eigenvalue weighted by Gasteiger charge is -1.97. The predicted octanol–water partition coefficient (Wildman–Crippen LogP) is 4.53. The molecule has 3 rings (SSSR count). The molecule has 2 nitrogen and oxygen atoms in total. The molecule has 0 radical (unpaired) electrons. The van der Waals surface area contributed by atoms with E-state index in [0.717, 1.165) is 30.7 Å². The number of fused-ring (bicyclic) bond motifs is 1. The Kier molecular flexibility index (Phi) is 2.84. The van der Waals surface area contributed by atoms with Gasteiger partial charge in [0.15, 0.2) is 0 Å². The van der Waals surface area contributed by atoms with Crippen molar-refractivity contribution in [3.05, 3.63) is 56.3 Å². The zero-order valence-corrected chi connectivity index (χ0v) is 12.1. The third-order valence-corrected chi connectivity index (χ3v) is 4.35. The first-order valence-corrected chi connectivity index (χ1v) is 7.14. The van der Waals surface area contributed by atoms with E-state index < -0.39 is 0 Å². The summed E-state index contributed by atoms with van der Waals surface area (Å²) in [4.78, 5) is 17.5. The predicted molar refractivity (Wildman–Crippen MR) is 78.5 cm³/mol. The average molecular weight is 320 g/mol. The molecule has 90 valence electrons. The molecule has 2 heterocycles. The second-order valence-corrected chi connectivity index (χ2v) is 6.34. The summed E-state index contributed by atoms with van der Waals surface area (Å²) in [6, 6.07) is 9.76. The summed E-state index contributed by atoms with van der Waals surface area (Å²) < 4.78 is 0.978. The molecule has 1 aromatic carbocycles. The number of carbonyl (C=O) groups is 1. The number of benzene rings is 1. The van der Waals surface area contributed by atoms with Gasteiger partial charge < -0.3 is 4.98 Å². The quantitative estimate of drug-likeness (QED) is 0.691. The Labute approximate surface area is 117 Å². The van der Waals surface area contributed by atoms with Crippen LogP contribution in [0, 0.1) is 6.92 Å². The van der Waals surface area contributed by atoms with Crippen LogP contribution in [0.25, 0.3) is 10.9 Å². The van der Waals surface area contributed by atoms with Crippen LogP contribution in [0.3, 0.4) is 0 Å². The molecule has 0 atom stereocenters. The standard InChI is InChI=1S/C14H10BrNOS/c1-8-2-5-13(18-8)14(17)11-7-16-12-4-3-9(15)6-10(11)12/h2-7,16H,1H3. The molecule has 0 unspecified atom stereocenters. The van der Waals surface area contributed by atoms with Crippen LogP contribution in [-0.2, 0) is 0 Å². The van der Waals surface area contributed by atoms with Crippen molar-refractivity contribution in [2.45, 2.75) is 6.92 Å². The molecule has 0 bridgehead atoms. The Bertz CT molecular complexity index is 741. The summed E-state index contributed by atoms with van der Waals surface area (Å²) in [6.45, 7) is 2.01. The number of hydrogen-bond acceptors (Lipinski definition) is 2. The third-order valence-electron chi connectivity index (χ3n) is 2.85. The summed E-state index contributed by atoms with van der Waals surface area (Å²) in [5, 5.41) is 0.959. The highest BCUT2D eigenvalue weighted by Crippen LogP contribution is 2.26. The van der Waals surface area contributed by atoms with Gasteiger partial charge in [0, 0.05) is 32.0 Å². The molecule has 0 aliphatic carbocycles. The van der Waals surface area contributed by atoms with Gasteiger partial charge in [-0.25, -0.2) is 0 Å². The van der Waals surface area contributed by atoms with Crippen molar-refractivity contribution in [3.63, 3.8) is 0 Å². The van der Waals surface area contributed by atoms with Gasteiger partial charge in [0.1, 0.15) is 0 Å². The fraction of sp³-hybridized carbons (Fsp3) is 0.0714. The maximum atomic E-state index is 12.4. The molecule has 0 saturated heterocycles. The number of H-pyrrole nitrogens is 1. The smallest absolute Gasteiger partial charge is 0.205 e. The highest BCUT2D eigenvalue weighted by molar-refractivity contribution is 9.10. The summed E-state index contributed by atoms with van der Waals surface area (Å²) in [7, 11) is 0. The molecule has 18 heavy (non-hydrogen) atoms. The molecular weight excluding hydrogens is 310 g/mol. The van der Waals surface area contributed by atoms with Crippen LogP contribution in [0.1, 0.15) is 20.1 Å². The van der Waals surface area contributed by atoms with E-state index >= 15 is 0 Å². The van der Waals surface area contributed by atoms with Crippen molar-refractivity contribution in [1.29, 1.82) is 0 Å². The fourth-order valence-corrected chi connectivity index (χ4v) is 3.15. The zero-order chi connectivity index (χ0) is 12.7. The first-order valence-electron chi connectivity index (χ1n) is 5.53. The Morgan fingerprint density at radius 2 is 2.11 bits per heavy atom. The summed E-state index contributed by atoms with van der Waals surface area (Å²) >= 11 is 4.97. The van der Waals surface area contributed by atoms with Gasteiger partial charge in [-0.2, -0.15) is 0 Å². The Morgan fingerprint density at radius 3 is 2.83 bits per heavy atom. The Morgan fingerprint density at radius 1 is 1.28 bits per heavy atom. The van der Waals surface area contributed by atoms with Crippen LogP contribution in [0.5, 0.6) is 0 Å². The minimum atomic E-state index is 0.0810. The van der Waals surface area contributed by atoms with Crippen LogP contribution in [-0.4, -0.2) is 10.8 Å². The number of thiophene rings is 1. The van der Waals surface area contributed by atoms with Crippen LogP contribution in [0.4, 0.5) is 0 Å². The highest BCUT2D eigenvalue weighted by atomic mass is 79.9. The van der Waals surface area contributed by atoms with E-state index in [2.05, 4.69) is 20.9 Å². The number of nitrogens with one attached hydrogen (secondary N) is 1. The van der Waals surface area contributed by atoms with Crippen molar-refractivity contribution in [2.24, 2.45) is 0 Å². The van der Waals surface area contributed by atoms with Gasteiger partial charge in [0.05, 0.1) is 4.88 Å². The molecule has 0 aliphatic heterocycles. The van der Waals surface area contributed by atoms with Gasteiger partial charge in [-0.05, 0) is 37.3 Å². The molecule has 3 aromatic rings. The van der Waals surface area contributed by atoms with E-state index in [4.69, 9.17) is 0 Å². The molecule has 2 aromatic heterocycles. The number of aryl methyl sites for hydroxylation is 1. The monoisotopic (exact) mass is 319 g/mol. The second kappa shape index (κ2) is 4.37. The lowest BCUT2D eigenvalue weighted by molar-refractivity contribution is 0.104. The van der Waals surface area contributed by atoms with Gasteiger partial charge in [-0.15, -0.1) is 11.3 Å². The summed E-state index contributed by atoms with van der Waals surface area (Å²) in [6.07, 6.45) is 1.79. The SMILES string of the molecule is Cc1ccc(C(=O)c2c[nH]c3ccc(Br)cc23)s1. The van der Waals surface area contributed by atoms with Crippen LogP contribution >= 0.6 is 27.3 Å². The minimum Gasteiger partial charge on any atom is -0.360 e. The number of ketones is 1. The van der Waals surface area contributed by atoms with Gasteiger partial charge in [0.25, 0.3) is 0 Å². The van der Waals surface area contributed by atoms with E-state index in [1.54, 1.807) is 6.20 Å². The lowest BCUT2D eigenvalue weighted by Crippen LogP contribution is -1.96. The van der Waals surface area contributed by atoms with Gasteiger partial charge in [0.2, 0.25) is 5.78 Å². The second-order valence-electron chi connectivity index (χ2n) is 4.13. The number of aromatic amines is 1. The van der Waals surface area contributed by atoms with Crippen molar-refractivity contribution >= 4 is 44.0 Å². The van der Waals surface area contributed by atoms with E-state index in [1.165, 1.54) is 11.3 Å². The normalized spacial score (nSPS) is 11.0. The first-order chi connectivity index (χ1) is 8.65. The summed E-state index contributed by atoms with van der Waals surface area (Å²) in [5.74, 6) is 0.0810. The lowest BCUT2D eigenvalue weighted by atomic mass is 10.1. The molecule has 0 saturated carbocycles. The number of hydrogen-bond donors (Lipinski definition) is 1. The number of rotatable bonds is 2. The molecule has 0 amide bonds. The van der Waals surface area contributed by atoms with E-state index in [0.29, 0.717) is 0 Å². The van der Waals surface area contributed by atoms with Crippen LogP contribution < -0.4 is 0 Å². The molecule has 0 spiro atoms. The van der Waals surface area contributed by atoms with Crippen molar-refractivity contribution in [3.8, 4) is 0 Å². The van der Waals surface area contributed by atoms with Crippen LogP contribution in [0.2, 0.25) is 0 Å². The van der Waals surface area contributed by atoms with Crippen LogP contribution in [0.15, 0.2) is 41.0 Å². The van der Waals surface area contributed by atoms with Crippen molar-refractivity contribution < 1.29 is 4.79 Å². The number of aromatic nitrogens is 1. The van der Waals surface area contributed by atoms with Crippen molar-refractivity contribution in [1.82, 2.24) is 4.98 Å². The third kappa shape index (κ3) is 1.91. The molecule has 1 N–H and O–H groups in total. The average Bonchev–Trinajstić information content (AvgIpc) is 2.94. The Balaban J connectivity index is 2.14. The molecular formula is C14H10BrNOS. The van der Waals surface area contributed by atoms with Gasteiger partial charge in [-0.1, -0.05) is 15.9 Å². The maximum Gasteiger partial charge on any atom is 0.205 e. The first kappa shape index (κ1) is 11.7. The van der Waals surface area contributed by atoms with Gasteiger partial charge >= 0.3 is 0 Å². The number of carbonyl (C=O) groups excluding carboxylic acids is 1. The maximum absolute atomic E-state index is 12.4. The van der Waals surface area contributed by atoms with Gasteiger partial charge in [-0.3, -0.25) is 4.79 Å². The molecule has 4 heteroatoms. The Hall–Kier alpha value is -1.39. The number of halogens is 1. The van der Waals surface area contributed by atoms with E-state index in [9.17, 15) is 4.79 Å². The van der Waals surface area contributed by atoms with E-state index in [1.807, 2.05) is 37.3 Å². The van der Waals surface area contributed by atoms with Crippen molar-refractivity contribution in [2.75, 3.05) is 0 Å². The highest BCUT2D eigenvalue weighted by Gasteiger charge is 2.15. The fourth-order valence-electron chi connectivity index (χ4n) is 1.97.